The van der Waals surface area contributed by atoms with Gasteiger partial charge in [0.2, 0.25) is 0 Å². The van der Waals surface area contributed by atoms with Gasteiger partial charge < -0.3 is 14.6 Å². The summed E-state index contributed by atoms with van der Waals surface area (Å²) in [7, 11) is 0. The molecule has 0 spiro atoms. The van der Waals surface area contributed by atoms with Gasteiger partial charge in [0.15, 0.2) is 5.76 Å². The molecular formula is C15H13N3O3S. The Kier molecular flexibility index (Phi) is 4.45. The first-order valence-corrected chi connectivity index (χ1v) is 7.54. The van der Waals surface area contributed by atoms with Crippen molar-refractivity contribution in [1.29, 1.82) is 0 Å². The highest BCUT2D eigenvalue weighted by molar-refractivity contribution is 7.13. The van der Waals surface area contributed by atoms with E-state index in [0.29, 0.717) is 18.7 Å². The van der Waals surface area contributed by atoms with Crippen LogP contribution in [0.4, 0.5) is 4.79 Å². The number of amides is 1. The molecule has 6 nitrogen and oxygen atoms in total. The number of carbonyl (C=O) groups is 1. The number of carbonyl (C=O) groups excluding carboxylic acids is 1. The first-order valence-electron chi connectivity index (χ1n) is 6.66. The van der Waals surface area contributed by atoms with Gasteiger partial charge in [0.25, 0.3) is 5.88 Å². The van der Waals surface area contributed by atoms with Gasteiger partial charge in [0, 0.05) is 18.9 Å². The molecule has 0 saturated carbocycles. The highest BCUT2D eigenvalue weighted by Gasteiger charge is 2.11. The minimum absolute atomic E-state index is 0.141. The van der Waals surface area contributed by atoms with Gasteiger partial charge in [-0.3, -0.25) is 4.98 Å². The molecule has 3 aromatic rings. The minimum Gasteiger partial charge on any atom is -0.388 e. The van der Waals surface area contributed by atoms with Gasteiger partial charge in [-0.1, -0.05) is 12.1 Å². The lowest BCUT2D eigenvalue weighted by Gasteiger charge is -2.03. The predicted molar refractivity (Wildman–Crippen MR) is 81.8 cm³/mol. The second-order valence-corrected chi connectivity index (χ2v) is 5.38. The molecule has 0 aliphatic rings. The number of rotatable bonds is 5. The van der Waals surface area contributed by atoms with E-state index in [1.165, 1.54) is 11.3 Å². The van der Waals surface area contributed by atoms with Crippen LogP contribution in [0.1, 0.15) is 5.56 Å². The van der Waals surface area contributed by atoms with E-state index < -0.39 is 6.09 Å². The summed E-state index contributed by atoms with van der Waals surface area (Å²) in [6.45, 7) is 0.458. The third-order valence-corrected chi connectivity index (χ3v) is 3.74. The van der Waals surface area contributed by atoms with Crippen molar-refractivity contribution >= 4 is 17.4 Å². The second kappa shape index (κ2) is 6.86. The van der Waals surface area contributed by atoms with Crippen molar-refractivity contribution in [2.75, 3.05) is 6.54 Å². The molecule has 0 aliphatic heterocycles. The van der Waals surface area contributed by atoms with Crippen LogP contribution in [-0.4, -0.2) is 22.8 Å². The molecule has 0 aliphatic carbocycles. The highest BCUT2D eigenvalue weighted by Crippen LogP contribution is 2.27. The third-order valence-electron chi connectivity index (χ3n) is 2.86. The molecule has 0 saturated heterocycles. The SMILES string of the molecule is O=C(NCCc1cccnc1)Oc1cc(-c2cccs2)on1. The zero-order valence-electron chi connectivity index (χ0n) is 11.6. The van der Waals surface area contributed by atoms with Gasteiger partial charge in [0.05, 0.1) is 10.9 Å². The maximum absolute atomic E-state index is 11.7. The Morgan fingerprint density at radius 3 is 3.09 bits per heavy atom. The fraction of sp³-hybridized carbons (Fsp3) is 0.133. The molecule has 3 heterocycles. The monoisotopic (exact) mass is 315 g/mol. The summed E-state index contributed by atoms with van der Waals surface area (Å²) in [5, 5.41) is 8.31. The summed E-state index contributed by atoms with van der Waals surface area (Å²) < 4.78 is 10.2. The lowest BCUT2D eigenvalue weighted by Crippen LogP contribution is -2.28. The van der Waals surface area contributed by atoms with E-state index >= 15 is 0 Å². The molecule has 3 aromatic heterocycles. The zero-order valence-corrected chi connectivity index (χ0v) is 12.4. The van der Waals surface area contributed by atoms with Gasteiger partial charge in [-0.15, -0.1) is 11.3 Å². The van der Waals surface area contributed by atoms with Gasteiger partial charge in [-0.05, 0) is 34.7 Å². The average molecular weight is 315 g/mol. The van der Waals surface area contributed by atoms with Gasteiger partial charge >= 0.3 is 6.09 Å². The van der Waals surface area contributed by atoms with Crippen molar-refractivity contribution in [3.05, 3.63) is 53.7 Å². The van der Waals surface area contributed by atoms with E-state index in [1.807, 2.05) is 29.6 Å². The van der Waals surface area contributed by atoms with Crippen molar-refractivity contribution in [3.8, 4) is 16.5 Å². The number of hydrogen-bond acceptors (Lipinski definition) is 6. The summed E-state index contributed by atoms with van der Waals surface area (Å²) in [5.74, 6) is 0.718. The highest BCUT2D eigenvalue weighted by atomic mass is 32.1. The van der Waals surface area contributed by atoms with Crippen LogP contribution in [0.15, 0.2) is 52.6 Å². The smallest absolute Gasteiger partial charge is 0.388 e. The molecule has 112 valence electrons. The lowest BCUT2D eigenvalue weighted by molar-refractivity contribution is 0.196. The Bertz CT molecular complexity index is 726. The van der Waals surface area contributed by atoms with Gasteiger partial charge in [-0.2, -0.15) is 0 Å². The van der Waals surface area contributed by atoms with Crippen molar-refractivity contribution < 1.29 is 14.1 Å². The van der Waals surface area contributed by atoms with Crippen molar-refractivity contribution in [2.45, 2.75) is 6.42 Å². The quantitative estimate of drug-likeness (QED) is 0.782. The molecule has 0 radical (unpaired) electrons. The molecule has 1 N–H and O–H groups in total. The lowest BCUT2D eigenvalue weighted by atomic mass is 10.2. The number of pyridine rings is 1. The number of nitrogens with one attached hydrogen (secondary N) is 1. The van der Waals surface area contributed by atoms with Crippen LogP contribution >= 0.6 is 11.3 Å². The van der Waals surface area contributed by atoms with Crippen LogP contribution in [-0.2, 0) is 6.42 Å². The van der Waals surface area contributed by atoms with Crippen molar-refractivity contribution in [1.82, 2.24) is 15.5 Å². The number of aromatic nitrogens is 2. The third kappa shape index (κ3) is 3.70. The summed E-state index contributed by atoms with van der Waals surface area (Å²) >= 11 is 1.52. The summed E-state index contributed by atoms with van der Waals surface area (Å²) in [6, 6.07) is 9.21. The topological polar surface area (TPSA) is 77.2 Å². The number of nitrogens with zero attached hydrogens (tertiary/aromatic N) is 2. The van der Waals surface area contributed by atoms with Crippen molar-refractivity contribution in [2.24, 2.45) is 0 Å². The molecule has 0 unspecified atom stereocenters. The summed E-state index contributed by atoms with van der Waals surface area (Å²) in [5.41, 5.74) is 1.05. The van der Waals surface area contributed by atoms with E-state index in [4.69, 9.17) is 9.26 Å². The van der Waals surface area contributed by atoms with Gasteiger partial charge in [0.1, 0.15) is 0 Å². The molecule has 0 aromatic carbocycles. The normalized spacial score (nSPS) is 10.4. The minimum atomic E-state index is -0.560. The number of ether oxygens (including phenoxy) is 1. The maximum atomic E-state index is 11.7. The Morgan fingerprint density at radius 1 is 1.36 bits per heavy atom. The first kappa shape index (κ1) is 14.3. The van der Waals surface area contributed by atoms with Crippen LogP contribution in [0.5, 0.6) is 5.88 Å². The van der Waals surface area contributed by atoms with E-state index in [9.17, 15) is 4.79 Å². The predicted octanol–water partition coefficient (Wildman–Crippen LogP) is 3.13. The van der Waals surface area contributed by atoms with Crippen molar-refractivity contribution in [3.63, 3.8) is 0 Å². The second-order valence-electron chi connectivity index (χ2n) is 4.43. The fourth-order valence-electron chi connectivity index (χ4n) is 1.83. The van der Waals surface area contributed by atoms with Crippen LogP contribution in [0.25, 0.3) is 10.6 Å². The molecular weight excluding hydrogens is 302 g/mol. The van der Waals surface area contributed by atoms with Crippen LogP contribution in [0.3, 0.4) is 0 Å². The molecule has 3 rings (SSSR count). The fourth-order valence-corrected chi connectivity index (χ4v) is 2.50. The molecule has 0 fully saturated rings. The van der Waals surface area contributed by atoms with Crippen LogP contribution in [0.2, 0.25) is 0 Å². The average Bonchev–Trinajstić information content (AvgIpc) is 3.19. The maximum Gasteiger partial charge on any atom is 0.414 e. The Morgan fingerprint density at radius 2 is 2.32 bits per heavy atom. The zero-order chi connectivity index (χ0) is 15.2. The Hall–Kier alpha value is -2.67. The molecule has 7 heteroatoms. The van der Waals surface area contributed by atoms with E-state index in [0.717, 1.165) is 10.4 Å². The largest absolute Gasteiger partial charge is 0.414 e. The van der Waals surface area contributed by atoms with E-state index in [2.05, 4.69) is 15.5 Å². The molecule has 0 bridgehead atoms. The summed E-state index contributed by atoms with van der Waals surface area (Å²) in [6.07, 6.45) is 3.59. The number of hydrogen-bond donors (Lipinski definition) is 1. The molecule has 0 atom stereocenters. The van der Waals surface area contributed by atoms with E-state index in [1.54, 1.807) is 18.5 Å². The van der Waals surface area contributed by atoms with E-state index in [-0.39, 0.29) is 5.88 Å². The first-order chi connectivity index (χ1) is 10.8. The Balaban J connectivity index is 1.48. The molecule has 1 amide bonds. The van der Waals surface area contributed by atoms with Crippen LogP contribution < -0.4 is 10.1 Å². The van der Waals surface area contributed by atoms with Crippen LogP contribution in [0, 0.1) is 0 Å². The Labute approximate surface area is 130 Å². The number of thiophene rings is 1. The standard InChI is InChI=1S/C15H13N3O3S/c19-15(17-7-5-11-3-1-6-16-10-11)20-14-9-12(21-18-14)13-4-2-8-22-13/h1-4,6,8-10H,5,7H2,(H,17,19). The summed E-state index contributed by atoms with van der Waals surface area (Å²) in [4.78, 5) is 16.6. The molecule has 22 heavy (non-hydrogen) atoms. The van der Waals surface area contributed by atoms with Gasteiger partial charge in [-0.25, -0.2) is 4.79 Å².